The summed E-state index contributed by atoms with van der Waals surface area (Å²) in [4.78, 5) is 26.9. The number of aromatic nitrogens is 1. The van der Waals surface area contributed by atoms with Crippen molar-refractivity contribution < 1.29 is 31.9 Å². The smallest absolute Gasteiger partial charge is 0.406 e. The Kier molecular flexibility index (Phi) is 8.90. The SMILES string of the molecule is CNC(=O)c1ccc(NCC#Cc2cc3c(C(=O)NC4CCN(C)CC4F)csc3n2CC(F)(F)F)c(OC)c1. The number of carbonyl (C=O) groups excluding carboxylic acids is 2. The molecule has 4 rings (SSSR count). The summed E-state index contributed by atoms with van der Waals surface area (Å²) in [6.07, 6.45) is -5.31. The molecule has 0 spiro atoms. The van der Waals surface area contributed by atoms with Crippen molar-refractivity contribution in [1.82, 2.24) is 20.1 Å². The highest BCUT2D eigenvalue weighted by atomic mass is 32.1. The Morgan fingerprint density at radius 2 is 2.00 bits per heavy atom. The van der Waals surface area contributed by atoms with Gasteiger partial charge in [0.2, 0.25) is 0 Å². The molecule has 2 unspecified atom stereocenters. The summed E-state index contributed by atoms with van der Waals surface area (Å²) in [5.74, 6) is 5.19. The molecule has 13 heteroatoms. The van der Waals surface area contributed by atoms with E-state index in [0.717, 1.165) is 15.9 Å². The van der Waals surface area contributed by atoms with Crippen LogP contribution in [0.5, 0.6) is 5.75 Å². The van der Waals surface area contributed by atoms with Crippen LogP contribution in [0.1, 0.15) is 32.8 Å². The number of methoxy groups -OCH3 is 1. The number of thiophene rings is 1. The predicted octanol–water partition coefficient (Wildman–Crippen LogP) is 3.87. The summed E-state index contributed by atoms with van der Waals surface area (Å²) in [6.45, 7) is -0.373. The Morgan fingerprint density at radius 1 is 1.23 bits per heavy atom. The number of fused-ring (bicyclic) bond motifs is 1. The average molecular weight is 580 g/mol. The number of nitrogens with zero attached hydrogens (tertiary/aromatic N) is 2. The largest absolute Gasteiger partial charge is 0.495 e. The Bertz CT molecular complexity index is 1460. The van der Waals surface area contributed by atoms with E-state index in [0.29, 0.717) is 35.4 Å². The maximum atomic E-state index is 14.5. The lowest BCUT2D eigenvalue weighted by molar-refractivity contribution is -0.139. The maximum absolute atomic E-state index is 14.5. The number of rotatable bonds is 7. The van der Waals surface area contributed by atoms with Crippen LogP contribution in [0.4, 0.5) is 23.2 Å². The number of carbonyl (C=O) groups is 2. The molecular weight excluding hydrogens is 550 g/mol. The molecule has 1 fully saturated rings. The minimum atomic E-state index is -4.51. The lowest BCUT2D eigenvalue weighted by Crippen LogP contribution is -2.51. The summed E-state index contributed by atoms with van der Waals surface area (Å²) in [5, 5.41) is 10.1. The molecule has 0 bridgehead atoms. The van der Waals surface area contributed by atoms with Crippen molar-refractivity contribution >= 4 is 39.1 Å². The number of hydrogen-bond donors (Lipinski definition) is 3. The number of hydrogen-bond acceptors (Lipinski definition) is 6. The molecule has 0 saturated carbocycles. The first-order valence-corrected chi connectivity index (χ1v) is 13.3. The molecule has 1 aliphatic heterocycles. The molecule has 3 N–H and O–H groups in total. The van der Waals surface area contributed by atoms with Gasteiger partial charge in [-0.15, -0.1) is 11.3 Å². The van der Waals surface area contributed by atoms with Gasteiger partial charge < -0.3 is 30.2 Å². The van der Waals surface area contributed by atoms with Gasteiger partial charge in [0.1, 0.15) is 23.3 Å². The number of halogens is 4. The second-order valence-corrected chi connectivity index (χ2v) is 10.3. The number of benzene rings is 1. The van der Waals surface area contributed by atoms with Crippen molar-refractivity contribution in [2.45, 2.75) is 31.4 Å². The summed E-state index contributed by atoms with van der Waals surface area (Å²) in [5.41, 5.74) is 1.24. The average Bonchev–Trinajstić information content (AvgIpc) is 3.46. The second kappa shape index (κ2) is 12.2. The third-order valence-corrected chi connectivity index (χ3v) is 7.56. The Balaban J connectivity index is 1.55. The van der Waals surface area contributed by atoms with Crippen LogP contribution in [-0.2, 0) is 6.54 Å². The maximum Gasteiger partial charge on any atom is 0.406 e. The van der Waals surface area contributed by atoms with E-state index in [9.17, 15) is 27.2 Å². The van der Waals surface area contributed by atoms with Gasteiger partial charge in [-0.25, -0.2) is 4.39 Å². The van der Waals surface area contributed by atoms with Crippen LogP contribution in [0.2, 0.25) is 0 Å². The molecule has 0 radical (unpaired) electrons. The van der Waals surface area contributed by atoms with E-state index in [4.69, 9.17) is 4.74 Å². The van der Waals surface area contributed by atoms with E-state index in [1.54, 1.807) is 25.2 Å². The van der Waals surface area contributed by atoms with Gasteiger partial charge in [0.15, 0.2) is 0 Å². The van der Waals surface area contributed by atoms with Crippen LogP contribution < -0.4 is 20.7 Å². The third-order valence-electron chi connectivity index (χ3n) is 6.54. The minimum Gasteiger partial charge on any atom is -0.495 e. The fourth-order valence-electron chi connectivity index (χ4n) is 4.51. The number of likely N-dealkylation sites (tertiary alicyclic amines) is 1. The van der Waals surface area contributed by atoms with Crippen molar-refractivity contribution in [3.8, 4) is 17.6 Å². The van der Waals surface area contributed by atoms with Crippen LogP contribution in [0.15, 0.2) is 29.6 Å². The van der Waals surface area contributed by atoms with Crippen LogP contribution in [0.3, 0.4) is 0 Å². The molecule has 1 saturated heterocycles. The first kappa shape index (κ1) is 29.2. The highest BCUT2D eigenvalue weighted by molar-refractivity contribution is 7.17. The summed E-state index contributed by atoms with van der Waals surface area (Å²) < 4.78 is 61.1. The van der Waals surface area contributed by atoms with Crippen molar-refractivity contribution in [3.63, 3.8) is 0 Å². The lowest BCUT2D eigenvalue weighted by atomic mass is 10.0. The number of piperidine rings is 1. The molecule has 2 amide bonds. The quantitative estimate of drug-likeness (QED) is 0.292. The normalized spacial score (nSPS) is 17.7. The first-order chi connectivity index (χ1) is 19.0. The van der Waals surface area contributed by atoms with Gasteiger partial charge in [-0.2, -0.15) is 13.2 Å². The topological polar surface area (TPSA) is 87.6 Å². The second-order valence-electron chi connectivity index (χ2n) is 9.40. The van der Waals surface area contributed by atoms with Gasteiger partial charge in [0.25, 0.3) is 11.8 Å². The van der Waals surface area contributed by atoms with Crippen molar-refractivity contribution in [2.75, 3.05) is 46.2 Å². The zero-order valence-corrected chi connectivity index (χ0v) is 22.9. The molecule has 2 aromatic heterocycles. The van der Waals surface area contributed by atoms with E-state index >= 15 is 0 Å². The molecule has 3 aromatic rings. The number of nitrogens with one attached hydrogen (secondary N) is 3. The van der Waals surface area contributed by atoms with Crippen molar-refractivity contribution in [3.05, 3.63) is 46.5 Å². The first-order valence-electron chi connectivity index (χ1n) is 12.4. The zero-order chi connectivity index (χ0) is 29.0. The van der Waals surface area contributed by atoms with Crippen LogP contribution in [0.25, 0.3) is 10.2 Å². The molecule has 1 aliphatic rings. The van der Waals surface area contributed by atoms with Crippen molar-refractivity contribution in [1.29, 1.82) is 0 Å². The standard InChI is InChI=1S/C27H29F4N5O3S/c1-32-24(37)16-6-7-22(23(11-16)39-3)33-9-4-5-17-12-18-19(14-40-26(18)36(17)15-27(29,30)31)25(38)34-21-8-10-35(2)13-20(21)28/h6-7,11-12,14,20-21,33H,8-10,13,15H2,1-3H3,(H,32,37)(H,34,38). The van der Waals surface area contributed by atoms with E-state index in [1.165, 1.54) is 25.6 Å². The monoisotopic (exact) mass is 579 g/mol. The summed E-state index contributed by atoms with van der Waals surface area (Å²) in [7, 11) is 4.76. The van der Waals surface area contributed by atoms with E-state index < -0.39 is 30.8 Å². The third kappa shape index (κ3) is 6.68. The molecule has 2 atom stereocenters. The fourth-order valence-corrected chi connectivity index (χ4v) is 5.56. The van der Waals surface area contributed by atoms with Gasteiger partial charge in [-0.3, -0.25) is 9.59 Å². The van der Waals surface area contributed by atoms with Crippen LogP contribution in [0, 0.1) is 11.8 Å². The molecule has 0 aliphatic carbocycles. The number of anilines is 1. The predicted molar refractivity (Wildman–Crippen MR) is 146 cm³/mol. The van der Waals surface area contributed by atoms with Crippen LogP contribution in [-0.4, -0.2) is 80.5 Å². The van der Waals surface area contributed by atoms with E-state index in [1.807, 2.05) is 4.90 Å². The zero-order valence-electron chi connectivity index (χ0n) is 22.1. The Labute approximate surface area is 232 Å². The Hall–Kier alpha value is -3.76. The number of ether oxygens (including phenoxy) is 1. The van der Waals surface area contributed by atoms with E-state index in [2.05, 4.69) is 27.8 Å². The molecular formula is C27H29F4N5O3S. The van der Waals surface area contributed by atoms with Gasteiger partial charge in [-0.05, 0) is 43.7 Å². The summed E-state index contributed by atoms with van der Waals surface area (Å²) in [6, 6.07) is 5.59. The summed E-state index contributed by atoms with van der Waals surface area (Å²) >= 11 is 1.01. The molecule has 40 heavy (non-hydrogen) atoms. The van der Waals surface area contributed by atoms with Gasteiger partial charge in [-0.1, -0.05) is 5.92 Å². The van der Waals surface area contributed by atoms with Crippen LogP contribution >= 0.6 is 11.3 Å². The highest BCUT2D eigenvalue weighted by Crippen LogP contribution is 2.32. The lowest BCUT2D eigenvalue weighted by Gasteiger charge is -2.32. The molecule has 214 valence electrons. The van der Waals surface area contributed by atoms with Gasteiger partial charge >= 0.3 is 6.18 Å². The van der Waals surface area contributed by atoms with Crippen molar-refractivity contribution in [2.24, 2.45) is 0 Å². The molecule has 3 heterocycles. The molecule has 1 aromatic carbocycles. The number of amides is 2. The highest BCUT2D eigenvalue weighted by Gasteiger charge is 2.32. The Morgan fingerprint density at radius 3 is 2.67 bits per heavy atom. The van der Waals surface area contributed by atoms with Gasteiger partial charge in [0.05, 0.1) is 36.6 Å². The van der Waals surface area contributed by atoms with Gasteiger partial charge in [0, 0.05) is 36.5 Å². The van der Waals surface area contributed by atoms with E-state index in [-0.39, 0.29) is 35.1 Å². The fraction of sp³-hybridized carbons (Fsp3) is 0.407. The molecule has 8 nitrogen and oxygen atoms in total. The number of alkyl halides is 4. The minimum absolute atomic E-state index is 0.0713.